The van der Waals surface area contributed by atoms with Gasteiger partial charge in [-0.05, 0) is 41.8 Å². The monoisotopic (exact) mass is 383 g/mol. The number of rotatable bonds is 8. The molecule has 2 aromatic rings. The van der Waals surface area contributed by atoms with E-state index in [0.29, 0.717) is 11.7 Å². The van der Waals surface area contributed by atoms with Gasteiger partial charge in [0.1, 0.15) is 11.6 Å². The van der Waals surface area contributed by atoms with E-state index >= 15 is 0 Å². The Morgan fingerprint density at radius 2 is 2.19 bits per heavy atom. The molecule has 1 saturated heterocycles. The molecule has 0 spiro atoms. The molecule has 1 amide bonds. The zero-order valence-electron chi connectivity index (χ0n) is 14.0. The van der Waals surface area contributed by atoms with Crippen molar-refractivity contribution < 1.29 is 18.3 Å². The quantitative estimate of drug-likeness (QED) is 0.697. The summed E-state index contributed by atoms with van der Waals surface area (Å²) in [6, 6.07) is 3.71. The van der Waals surface area contributed by atoms with Gasteiger partial charge in [0.25, 0.3) is 0 Å². The fourth-order valence-electron chi connectivity index (χ4n) is 2.67. The SMILES string of the molecule is O=C(CSc1nnnn1CC1CCCO1)NCCc1c(F)cccc1F. The number of aromatic nitrogens is 4. The number of carbonyl (C=O) groups is 1. The van der Waals surface area contributed by atoms with E-state index in [1.165, 1.54) is 30.0 Å². The van der Waals surface area contributed by atoms with Crippen LogP contribution >= 0.6 is 11.8 Å². The summed E-state index contributed by atoms with van der Waals surface area (Å²) in [5, 5.41) is 14.6. The summed E-state index contributed by atoms with van der Waals surface area (Å²) in [6.45, 7) is 1.46. The Labute approximate surface area is 153 Å². The summed E-state index contributed by atoms with van der Waals surface area (Å²) in [4.78, 5) is 11.9. The summed E-state index contributed by atoms with van der Waals surface area (Å²) in [7, 11) is 0. The molecule has 0 radical (unpaired) electrons. The molecule has 1 aliphatic heterocycles. The van der Waals surface area contributed by atoms with Crippen LogP contribution in [0.4, 0.5) is 8.78 Å². The van der Waals surface area contributed by atoms with Crippen LogP contribution in [0, 0.1) is 11.6 Å². The second kappa shape index (κ2) is 9.04. The van der Waals surface area contributed by atoms with Crippen molar-refractivity contribution in [1.29, 1.82) is 0 Å². The maximum absolute atomic E-state index is 13.5. The largest absolute Gasteiger partial charge is 0.376 e. The topological polar surface area (TPSA) is 81.9 Å². The van der Waals surface area contributed by atoms with Crippen molar-refractivity contribution in [2.24, 2.45) is 0 Å². The van der Waals surface area contributed by atoms with Crippen LogP contribution < -0.4 is 5.32 Å². The first-order valence-corrected chi connectivity index (χ1v) is 9.32. The second-order valence-corrected chi connectivity index (χ2v) is 6.81. The van der Waals surface area contributed by atoms with E-state index in [-0.39, 0.29) is 36.3 Å². The molecule has 1 fully saturated rings. The highest BCUT2D eigenvalue weighted by Gasteiger charge is 2.19. The lowest BCUT2D eigenvalue weighted by Gasteiger charge is -2.10. The number of hydrogen-bond acceptors (Lipinski definition) is 6. The van der Waals surface area contributed by atoms with Gasteiger partial charge in [-0.1, -0.05) is 17.8 Å². The van der Waals surface area contributed by atoms with E-state index in [4.69, 9.17) is 4.74 Å². The smallest absolute Gasteiger partial charge is 0.230 e. The molecule has 3 rings (SSSR count). The Morgan fingerprint density at radius 3 is 2.92 bits per heavy atom. The Morgan fingerprint density at radius 1 is 1.38 bits per heavy atom. The first-order chi connectivity index (χ1) is 12.6. The van der Waals surface area contributed by atoms with Gasteiger partial charge in [-0.2, -0.15) is 0 Å². The Bertz CT molecular complexity index is 732. The lowest BCUT2D eigenvalue weighted by molar-refractivity contribution is -0.118. The van der Waals surface area contributed by atoms with Gasteiger partial charge in [0.2, 0.25) is 11.1 Å². The second-order valence-electron chi connectivity index (χ2n) is 5.87. The summed E-state index contributed by atoms with van der Waals surface area (Å²) in [6.07, 6.45) is 2.19. The number of thioether (sulfide) groups is 1. The van der Waals surface area contributed by atoms with Crippen molar-refractivity contribution >= 4 is 17.7 Å². The van der Waals surface area contributed by atoms with Crippen LogP contribution in [0.5, 0.6) is 0 Å². The molecule has 2 heterocycles. The van der Waals surface area contributed by atoms with Gasteiger partial charge in [0.15, 0.2) is 0 Å². The van der Waals surface area contributed by atoms with Crippen LogP contribution in [0.2, 0.25) is 0 Å². The van der Waals surface area contributed by atoms with Crippen molar-refractivity contribution in [2.45, 2.75) is 37.1 Å². The summed E-state index contributed by atoms with van der Waals surface area (Å²) in [5.41, 5.74) is -0.0269. The van der Waals surface area contributed by atoms with E-state index in [9.17, 15) is 13.6 Å². The Balaban J connectivity index is 1.42. The number of nitrogens with zero attached hydrogens (tertiary/aromatic N) is 4. The minimum atomic E-state index is -0.609. The first-order valence-electron chi connectivity index (χ1n) is 8.33. The molecule has 1 N–H and O–H groups in total. The number of tetrazole rings is 1. The van der Waals surface area contributed by atoms with E-state index in [0.717, 1.165) is 19.4 Å². The van der Waals surface area contributed by atoms with Crippen molar-refractivity contribution in [3.63, 3.8) is 0 Å². The molecule has 1 aromatic carbocycles. The summed E-state index contributed by atoms with van der Waals surface area (Å²) < 4.78 is 34.2. The predicted octanol–water partition coefficient (Wildman–Crippen LogP) is 1.58. The van der Waals surface area contributed by atoms with Gasteiger partial charge >= 0.3 is 0 Å². The van der Waals surface area contributed by atoms with Gasteiger partial charge in [-0.25, -0.2) is 13.5 Å². The molecule has 0 saturated carbocycles. The molecule has 7 nitrogen and oxygen atoms in total. The maximum Gasteiger partial charge on any atom is 0.230 e. The average Bonchev–Trinajstić information content (AvgIpc) is 3.28. The summed E-state index contributed by atoms with van der Waals surface area (Å²) in [5.74, 6) is -1.35. The highest BCUT2D eigenvalue weighted by molar-refractivity contribution is 7.99. The summed E-state index contributed by atoms with van der Waals surface area (Å²) >= 11 is 1.21. The zero-order chi connectivity index (χ0) is 18.4. The number of nitrogens with one attached hydrogen (secondary N) is 1. The number of benzene rings is 1. The third kappa shape index (κ3) is 4.98. The molecular formula is C16H19F2N5O2S. The molecule has 0 aliphatic carbocycles. The van der Waals surface area contributed by atoms with E-state index in [1.807, 2.05) is 0 Å². The van der Waals surface area contributed by atoms with Gasteiger partial charge in [0, 0.05) is 18.7 Å². The third-order valence-corrected chi connectivity index (χ3v) is 4.95. The molecular weight excluding hydrogens is 364 g/mol. The normalized spacial score (nSPS) is 16.8. The van der Waals surface area contributed by atoms with Crippen LogP contribution in [0.25, 0.3) is 0 Å². The number of hydrogen-bond donors (Lipinski definition) is 1. The molecule has 0 bridgehead atoms. The molecule has 1 atom stereocenters. The van der Waals surface area contributed by atoms with Gasteiger partial charge < -0.3 is 10.1 Å². The van der Waals surface area contributed by atoms with E-state index in [2.05, 4.69) is 20.8 Å². The van der Waals surface area contributed by atoms with E-state index < -0.39 is 11.6 Å². The minimum absolute atomic E-state index is 0.0269. The molecule has 1 aliphatic rings. The van der Waals surface area contributed by atoms with Crippen molar-refractivity contribution in [1.82, 2.24) is 25.5 Å². The van der Waals surface area contributed by atoms with E-state index in [1.54, 1.807) is 4.68 Å². The van der Waals surface area contributed by atoms with Crippen LogP contribution in [-0.4, -0.2) is 51.1 Å². The molecule has 26 heavy (non-hydrogen) atoms. The van der Waals surface area contributed by atoms with Gasteiger partial charge in [0.05, 0.1) is 18.4 Å². The lowest BCUT2D eigenvalue weighted by Crippen LogP contribution is -2.28. The number of amides is 1. The first kappa shape index (κ1) is 18.7. The number of halogens is 2. The molecule has 140 valence electrons. The molecule has 1 unspecified atom stereocenters. The van der Waals surface area contributed by atoms with Gasteiger partial charge in [-0.15, -0.1) is 5.10 Å². The average molecular weight is 383 g/mol. The lowest BCUT2D eigenvalue weighted by atomic mass is 10.1. The standard InChI is InChI=1S/C16H19F2N5O2S/c17-13-4-1-5-14(18)12(13)6-7-19-15(24)10-26-16-20-21-22-23(16)9-11-3-2-8-25-11/h1,4-5,11H,2-3,6-10H2,(H,19,24). The highest BCUT2D eigenvalue weighted by Crippen LogP contribution is 2.18. The van der Waals surface area contributed by atoms with Crippen LogP contribution in [0.1, 0.15) is 18.4 Å². The fraction of sp³-hybridized carbons (Fsp3) is 0.500. The van der Waals surface area contributed by atoms with Gasteiger partial charge in [-0.3, -0.25) is 4.79 Å². The third-order valence-electron chi connectivity index (χ3n) is 3.99. The predicted molar refractivity (Wildman–Crippen MR) is 90.6 cm³/mol. The number of carbonyl (C=O) groups excluding carboxylic acids is 1. The number of ether oxygens (including phenoxy) is 1. The molecule has 10 heteroatoms. The molecule has 1 aromatic heterocycles. The maximum atomic E-state index is 13.5. The van der Waals surface area contributed by atoms with Crippen LogP contribution in [-0.2, 0) is 22.5 Å². The van der Waals surface area contributed by atoms with Crippen LogP contribution in [0.3, 0.4) is 0 Å². The van der Waals surface area contributed by atoms with Crippen molar-refractivity contribution in [3.8, 4) is 0 Å². The highest BCUT2D eigenvalue weighted by atomic mass is 32.2. The Kier molecular flexibility index (Phi) is 6.51. The Hall–Kier alpha value is -2.07. The van der Waals surface area contributed by atoms with Crippen LogP contribution in [0.15, 0.2) is 23.4 Å². The van der Waals surface area contributed by atoms with Crippen molar-refractivity contribution in [2.75, 3.05) is 18.9 Å². The fourth-order valence-corrected chi connectivity index (χ4v) is 3.39. The van der Waals surface area contributed by atoms with Crippen molar-refractivity contribution in [3.05, 3.63) is 35.4 Å². The zero-order valence-corrected chi connectivity index (χ0v) is 14.8. The minimum Gasteiger partial charge on any atom is -0.376 e.